The third kappa shape index (κ3) is 4.68. The number of hydrogen-bond acceptors (Lipinski definition) is 5. The number of carboxylic acids is 1. The van der Waals surface area contributed by atoms with Crippen molar-refractivity contribution in [3.8, 4) is 0 Å². The second-order valence-corrected chi connectivity index (χ2v) is 8.22. The molecule has 28 heavy (non-hydrogen) atoms. The van der Waals surface area contributed by atoms with Crippen molar-refractivity contribution in [2.24, 2.45) is 5.92 Å². The maximum absolute atomic E-state index is 12.3. The number of nitrogens with one attached hydrogen (secondary N) is 1. The lowest BCUT2D eigenvalue weighted by Crippen LogP contribution is -2.39. The summed E-state index contributed by atoms with van der Waals surface area (Å²) < 4.78 is 6.96. The first kappa shape index (κ1) is 19.9. The Labute approximate surface area is 163 Å². The molecule has 3 atom stereocenters. The van der Waals surface area contributed by atoms with Crippen LogP contribution in [0.1, 0.15) is 50.9 Å². The summed E-state index contributed by atoms with van der Waals surface area (Å²) in [7, 11) is 0. The van der Waals surface area contributed by atoms with E-state index in [-0.39, 0.29) is 24.1 Å². The average Bonchev–Trinajstić information content (AvgIpc) is 3.27. The summed E-state index contributed by atoms with van der Waals surface area (Å²) in [6.45, 7) is 6.26. The van der Waals surface area contributed by atoms with Gasteiger partial charge in [0.05, 0.1) is 23.7 Å². The second kappa shape index (κ2) is 8.00. The number of hydrogen-bond donors (Lipinski definition) is 2. The molecule has 0 radical (unpaired) electrons. The summed E-state index contributed by atoms with van der Waals surface area (Å²) in [5, 5.41) is 20.6. The van der Waals surface area contributed by atoms with Gasteiger partial charge >= 0.3 is 12.1 Å². The number of aromatic nitrogens is 3. The fourth-order valence-electron chi connectivity index (χ4n) is 3.36. The van der Waals surface area contributed by atoms with Gasteiger partial charge in [-0.15, -0.1) is 5.10 Å². The van der Waals surface area contributed by atoms with Crippen LogP contribution in [0.25, 0.3) is 0 Å². The first-order valence-corrected chi connectivity index (χ1v) is 9.36. The number of rotatable bonds is 5. The third-order valence-electron chi connectivity index (χ3n) is 5.01. The highest BCUT2D eigenvalue weighted by molar-refractivity contribution is 5.71. The van der Waals surface area contributed by atoms with Crippen LogP contribution < -0.4 is 5.32 Å². The molecule has 8 heteroatoms. The summed E-state index contributed by atoms with van der Waals surface area (Å²) in [5.74, 6) is -1.42. The molecule has 0 aliphatic heterocycles. The van der Waals surface area contributed by atoms with Gasteiger partial charge in [-0.3, -0.25) is 4.79 Å². The van der Waals surface area contributed by atoms with E-state index < -0.39 is 18.0 Å². The number of nitrogens with zero attached hydrogens (tertiary/aromatic N) is 3. The van der Waals surface area contributed by atoms with E-state index >= 15 is 0 Å². The molecule has 1 aromatic heterocycles. The predicted molar refractivity (Wildman–Crippen MR) is 102 cm³/mol. The van der Waals surface area contributed by atoms with Crippen LogP contribution in [-0.2, 0) is 21.6 Å². The summed E-state index contributed by atoms with van der Waals surface area (Å²) in [6.07, 6.45) is 1.97. The number of alkyl carbamates (subject to hydrolysis) is 1. The molecule has 2 N–H and O–H groups in total. The van der Waals surface area contributed by atoms with Crippen molar-refractivity contribution in [2.45, 2.75) is 57.7 Å². The van der Waals surface area contributed by atoms with Gasteiger partial charge in [0.15, 0.2) is 0 Å². The zero-order valence-electron chi connectivity index (χ0n) is 16.3. The van der Waals surface area contributed by atoms with E-state index in [1.54, 1.807) is 4.68 Å². The monoisotopic (exact) mass is 386 g/mol. The van der Waals surface area contributed by atoms with Crippen LogP contribution in [0.2, 0.25) is 0 Å². The number of aliphatic carboxylic acids is 1. The van der Waals surface area contributed by atoms with E-state index in [0.717, 1.165) is 11.3 Å². The Kier molecular flexibility index (Phi) is 5.67. The van der Waals surface area contributed by atoms with Gasteiger partial charge in [0.2, 0.25) is 0 Å². The Hall–Kier alpha value is -2.90. The molecule has 1 fully saturated rings. The highest BCUT2D eigenvalue weighted by Gasteiger charge is 2.41. The van der Waals surface area contributed by atoms with Crippen LogP contribution in [0.4, 0.5) is 4.79 Å². The lowest BCUT2D eigenvalue weighted by Gasteiger charge is -2.20. The molecule has 1 aromatic carbocycles. The minimum atomic E-state index is -0.872. The fourth-order valence-corrected chi connectivity index (χ4v) is 3.36. The smallest absolute Gasteiger partial charge is 0.407 e. The summed E-state index contributed by atoms with van der Waals surface area (Å²) in [4.78, 5) is 23.8. The van der Waals surface area contributed by atoms with E-state index in [1.807, 2.05) is 57.3 Å². The first-order valence-electron chi connectivity index (χ1n) is 9.36. The number of ether oxygens (including phenoxy) is 1. The van der Waals surface area contributed by atoms with Crippen LogP contribution in [0.15, 0.2) is 36.5 Å². The molecule has 1 heterocycles. The van der Waals surface area contributed by atoms with Crippen molar-refractivity contribution in [1.82, 2.24) is 20.3 Å². The quantitative estimate of drug-likeness (QED) is 0.818. The lowest BCUT2D eigenvalue weighted by molar-refractivity contribution is -0.141. The van der Waals surface area contributed by atoms with Crippen LogP contribution >= 0.6 is 0 Å². The van der Waals surface area contributed by atoms with Crippen molar-refractivity contribution >= 4 is 12.1 Å². The maximum Gasteiger partial charge on any atom is 0.407 e. The molecule has 1 aliphatic rings. The fraction of sp³-hybridized carbons (Fsp3) is 0.500. The highest BCUT2D eigenvalue weighted by atomic mass is 16.5. The zero-order chi connectivity index (χ0) is 20.3. The van der Waals surface area contributed by atoms with Crippen molar-refractivity contribution in [3.63, 3.8) is 0 Å². The molecular formula is C20H26N4O4. The van der Waals surface area contributed by atoms with E-state index in [1.165, 1.54) is 0 Å². The number of carbonyl (C=O) groups excluding carboxylic acids is 1. The Morgan fingerprint density at radius 1 is 1.25 bits per heavy atom. The van der Waals surface area contributed by atoms with Gasteiger partial charge < -0.3 is 15.2 Å². The molecular weight excluding hydrogens is 360 g/mol. The molecule has 2 aromatic rings. The van der Waals surface area contributed by atoms with Crippen molar-refractivity contribution in [1.29, 1.82) is 0 Å². The van der Waals surface area contributed by atoms with Gasteiger partial charge in [-0.2, -0.15) is 0 Å². The van der Waals surface area contributed by atoms with E-state index in [2.05, 4.69) is 15.6 Å². The van der Waals surface area contributed by atoms with Crippen molar-refractivity contribution < 1.29 is 19.4 Å². The number of amides is 1. The van der Waals surface area contributed by atoms with Gasteiger partial charge in [-0.1, -0.05) is 56.3 Å². The number of carbonyl (C=O) groups is 2. The van der Waals surface area contributed by atoms with Crippen LogP contribution in [0, 0.1) is 5.92 Å². The van der Waals surface area contributed by atoms with Crippen LogP contribution in [0.5, 0.6) is 0 Å². The third-order valence-corrected chi connectivity index (χ3v) is 5.01. The molecule has 0 saturated heterocycles. The summed E-state index contributed by atoms with van der Waals surface area (Å²) in [6, 6.07) is 8.71. The molecule has 1 amide bonds. The molecule has 1 saturated carbocycles. The Bertz CT molecular complexity index is 828. The summed E-state index contributed by atoms with van der Waals surface area (Å²) >= 11 is 0. The van der Waals surface area contributed by atoms with Gasteiger partial charge in [-0.25, -0.2) is 9.48 Å². The predicted octanol–water partition coefficient (Wildman–Crippen LogP) is 2.91. The van der Waals surface area contributed by atoms with Crippen LogP contribution in [0.3, 0.4) is 0 Å². The topological polar surface area (TPSA) is 106 Å². The van der Waals surface area contributed by atoms with Crippen molar-refractivity contribution in [3.05, 3.63) is 47.8 Å². The number of carboxylic acid groups (broad SMARTS) is 1. The maximum atomic E-state index is 12.3. The molecule has 0 bridgehead atoms. The minimum absolute atomic E-state index is 0.157. The molecule has 150 valence electrons. The second-order valence-electron chi connectivity index (χ2n) is 8.22. The first-order chi connectivity index (χ1) is 13.2. The van der Waals surface area contributed by atoms with Crippen molar-refractivity contribution in [2.75, 3.05) is 0 Å². The lowest BCUT2D eigenvalue weighted by atomic mass is 9.93. The average molecular weight is 386 g/mol. The van der Waals surface area contributed by atoms with Crippen LogP contribution in [-0.4, -0.2) is 38.2 Å². The summed E-state index contributed by atoms with van der Waals surface area (Å²) in [5.41, 5.74) is 1.53. The normalized spacial score (nSPS) is 22.0. The Morgan fingerprint density at radius 2 is 1.96 bits per heavy atom. The molecule has 1 unspecified atom stereocenters. The SMILES string of the molecule is CC(C)(C)c1cn([C@@H]2CC(C(=O)O)C[C@@H]2NC(=O)OCc2ccccc2)nn1. The van der Waals surface area contributed by atoms with Gasteiger partial charge in [0, 0.05) is 11.6 Å². The van der Waals surface area contributed by atoms with Gasteiger partial charge in [-0.05, 0) is 18.4 Å². The Morgan fingerprint density at radius 3 is 2.57 bits per heavy atom. The van der Waals surface area contributed by atoms with Gasteiger partial charge in [0.25, 0.3) is 0 Å². The van der Waals surface area contributed by atoms with E-state index in [4.69, 9.17) is 4.74 Å². The molecule has 0 spiro atoms. The standard InChI is InChI=1S/C20H26N4O4/c1-20(2,3)17-11-24(23-22-17)16-10-14(18(25)26)9-15(16)21-19(27)28-12-13-7-5-4-6-8-13/h4-8,11,14-16H,9-10,12H2,1-3H3,(H,21,27)(H,25,26)/t14?,15-,16+/m0/s1. The minimum Gasteiger partial charge on any atom is -0.481 e. The van der Waals surface area contributed by atoms with E-state index in [9.17, 15) is 14.7 Å². The zero-order valence-corrected chi connectivity index (χ0v) is 16.3. The largest absolute Gasteiger partial charge is 0.481 e. The van der Waals surface area contributed by atoms with Gasteiger partial charge in [0.1, 0.15) is 6.61 Å². The molecule has 1 aliphatic carbocycles. The molecule has 8 nitrogen and oxygen atoms in total. The molecule has 3 rings (SSSR count). The highest BCUT2D eigenvalue weighted by Crippen LogP contribution is 2.35. The number of benzene rings is 1. The van der Waals surface area contributed by atoms with E-state index in [0.29, 0.717) is 12.8 Å². The Balaban J connectivity index is 1.68.